The number of carbonyl (C=O) groups excluding carboxylic acids is 1. The molecule has 0 unspecified atom stereocenters. The molecule has 0 aromatic carbocycles. The van der Waals surface area contributed by atoms with Crippen LogP contribution in [0.25, 0.3) is 0 Å². The van der Waals surface area contributed by atoms with Crippen LogP contribution in [0, 0.1) is 0 Å². The van der Waals surface area contributed by atoms with E-state index in [9.17, 15) is 0 Å². The van der Waals surface area contributed by atoms with Gasteiger partial charge < -0.3 is 21.7 Å². The number of allylic oxidation sites excluding steroid dienone is 2. The molecule has 0 saturated heterocycles. The SMILES string of the molecule is C1=CC=C2OCC[O+]=C2C=1.[Br-].[Mg]. The Morgan fingerprint density at radius 2 is 2.33 bits per heavy atom. The van der Waals surface area contributed by atoms with E-state index >= 15 is 0 Å². The van der Waals surface area contributed by atoms with Gasteiger partial charge in [-0.1, -0.05) is 0 Å². The molecule has 2 radical (unpaired) electrons. The van der Waals surface area contributed by atoms with E-state index in [1.165, 1.54) is 0 Å². The minimum Gasteiger partial charge on any atom is -1.00 e. The van der Waals surface area contributed by atoms with Gasteiger partial charge in [-0.3, -0.25) is 0 Å². The lowest BCUT2D eigenvalue weighted by atomic mass is 10.2. The lowest BCUT2D eigenvalue weighted by molar-refractivity contribution is -0.467. The third-order valence-electron chi connectivity index (χ3n) is 1.39. The van der Waals surface area contributed by atoms with Crippen LogP contribution in [0.3, 0.4) is 0 Å². The molecule has 0 atom stereocenters. The second-order valence-electron chi connectivity index (χ2n) is 2.07. The van der Waals surface area contributed by atoms with Crippen LogP contribution in [0.2, 0.25) is 0 Å². The number of hydrogen-bond donors (Lipinski definition) is 0. The molecule has 1 aliphatic carbocycles. The van der Waals surface area contributed by atoms with Gasteiger partial charge >= 0.3 is 5.78 Å². The average Bonchev–Trinajstić information content (AvgIpc) is 2.05. The van der Waals surface area contributed by atoms with Crippen molar-refractivity contribution >= 4 is 28.8 Å². The number of ether oxygens (including phenoxy) is 1. The van der Waals surface area contributed by atoms with Gasteiger partial charge in [0, 0.05) is 23.1 Å². The maximum Gasteiger partial charge on any atom is 0.392 e. The van der Waals surface area contributed by atoms with Crippen LogP contribution in [-0.2, 0) is 9.16 Å². The highest BCUT2D eigenvalue weighted by atomic mass is 79.9. The average molecular weight is 239 g/mol. The van der Waals surface area contributed by atoms with Gasteiger partial charge in [0.25, 0.3) is 6.61 Å². The number of hydrogen-bond acceptors (Lipinski definition) is 1. The van der Waals surface area contributed by atoms with E-state index in [4.69, 9.17) is 9.16 Å². The molecule has 0 spiro atoms. The first-order valence-electron chi connectivity index (χ1n) is 3.22. The summed E-state index contributed by atoms with van der Waals surface area (Å²) < 4.78 is 10.5. The normalized spacial score (nSPS) is 17.3. The molecule has 4 heteroatoms. The molecule has 0 bridgehead atoms. The van der Waals surface area contributed by atoms with E-state index in [1.807, 2.05) is 12.2 Å². The summed E-state index contributed by atoms with van der Waals surface area (Å²) in [7, 11) is 0. The first-order chi connectivity index (χ1) is 4.97. The lowest BCUT2D eigenvalue weighted by Crippen LogP contribution is -3.00. The molecule has 1 heterocycles. The van der Waals surface area contributed by atoms with Crippen molar-refractivity contribution in [1.29, 1.82) is 0 Å². The summed E-state index contributed by atoms with van der Waals surface area (Å²) in [4.78, 5) is 0. The molecule has 0 amide bonds. The number of halogens is 1. The summed E-state index contributed by atoms with van der Waals surface area (Å²) in [6.45, 7) is 1.29. The largest absolute Gasteiger partial charge is 1.00 e. The topological polar surface area (TPSA) is 20.5 Å². The second-order valence-corrected chi connectivity index (χ2v) is 2.07. The predicted molar refractivity (Wildman–Crippen MR) is 42.3 cm³/mol. The predicted octanol–water partition coefficient (Wildman–Crippen LogP) is -2.65. The molecule has 2 rings (SSSR count). The Morgan fingerprint density at radius 3 is 3.08 bits per heavy atom. The monoisotopic (exact) mass is 238 g/mol. The fraction of sp³-hybridized carbons (Fsp3) is 0.250. The van der Waals surface area contributed by atoms with E-state index in [0.717, 1.165) is 11.5 Å². The van der Waals surface area contributed by atoms with Crippen molar-refractivity contribution in [2.24, 2.45) is 0 Å². The summed E-state index contributed by atoms with van der Waals surface area (Å²) in [5.41, 5.74) is 2.92. The zero-order valence-electron chi connectivity index (χ0n) is 6.55. The number of ketones is 1. The van der Waals surface area contributed by atoms with Crippen molar-refractivity contribution in [2.75, 3.05) is 13.2 Å². The lowest BCUT2D eigenvalue weighted by Gasteiger charge is -2.05. The first kappa shape index (κ1) is 12.0. The fourth-order valence-corrected chi connectivity index (χ4v) is 0.936. The summed E-state index contributed by atoms with van der Waals surface area (Å²) in [5.74, 6) is 1.62. The third-order valence-corrected chi connectivity index (χ3v) is 1.39. The Morgan fingerprint density at radius 1 is 1.50 bits per heavy atom. The summed E-state index contributed by atoms with van der Waals surface area (Å²) in [5, 5.41) is 0. The van der Waals surface area contributed by atoms with Crippen LogP contribution in [0.4, 0.5) is 0 Å². The quantitative estimate of drug-likeness (QED) is 0.257. The highest BCUT2D eigenvalue weighted by Gasteiger charge is 2.22. The molecule has 0 aromatic heterocycles. The van der Waals surface area contributed by atoms with Gasteiger partial charge in [0.05, 0.1) is 6.08 Å². The van der Waals surface area contributed by atoms with Gasteiger partial charge in [-0.25, -0.2) is 4.42 Å². The molecule has 2 nitrogen and oxygen atoms in total. The van der Waals surface area contributed by atoms with E-state index in [1.54, 1.807) is 6.08 Å². The Labute approximate surface area is 97.6 Å². The summed E-state index contributed by atoms with van der Waals surface area (Å²) in [6, 6.07) is 0. The zero-order chi connectivity index (χ0) is 6.81. The second kappa shape index (κ2) is 5.59. The minimum absolute atomic E-state index is 0. The van der Waals surface area contributed by atoms with Gasteiger partial charge in [0.15, 0.2) is 6.61 Å². The van der Waals surface area contributed by atoms with Gasteiger partial charge in [0.2, 0.25) is 5.76 Å². The van der Waals surface area contributed by atoms with Gasteiger partial charge in [-0.15, -0.1) is 5.73 Å². The Kier molecular flexibility index (Phi) is 5.58. The van der Waals surface area contributed by atoms with Crippen molar-refractivity contribution in [2.45, 2.75) is 0 Å². The summed E-state index contributed by atoms with van der Waals surface area (Å²) in [6.07, 6.45) is 5.45. The van der Waals surface area contributed by atoms with Crippen LogP contribution in [0.5, 0.6) is 0 Å². The molecule has 60 valence electrons. The smallest absolute Gasteiger partial charge is 0.392 e. The first-order valence-corrected chi connectivity index (χ1v) is 3.22. The van der Waals surface area contributed by atoms with Crippen molar-refractivity contribution in [3.63, 3.8) is 0 Å². The van der Waals surface area contributed by atoms with Crippen molar-refractivity contribution in [3.8, 4) is 0 Å². The molecule has 12 heavy (non-hydrogen) atoms. The number of fused-ring (bicyclic) bond motifs is 1. The van der Waals surface area contributed by atoms with Crippen LogP contribution < -0.4 is 17.0 Å². The Bertz CT molecular complexity index is 275. The van der Waals surface area contributed by atoms with E-state index in [2.05, 4.69) is 5.73 Å². The standard InChI is InChI=1S/C8H7O2.BrH.Mg/c1-2-4-8-7(3-1)9-5-6-10-8;;/h1,3-4H,5-6H2;1H;/q+1;;/p-1. The number of rotatable bonds is 0. The van der Waals surface area contributed by atoms with Gasteiger partial charge in [0.1, 0.15) is 0 Å². The Balaban J connectivity index is 0.000000605. The van der Waals surface area contributed by atoms with E-state index < -0.39 is 0 Å². The van der Waals surface area contributed by atoms with Crippen LogP contribution in [0.15, 0.2) is 29.7 Å². The highest BCUT2D eigenvalue weighted by molar-refractivity contribution is 6.03. The molecule has 0 fully saturated rings. The molecule has 2 aliphatic rings. The zero-order valence-corrected chi connectivity index (χ0v) is 9.55. The highest BCUT2D eigenvalue weighted by Crippen LogP contribution is 2.07. The summed E-state index contributed by atoms with van der Waals surface area (Å²) >= 11 is 0. The van der Waals surface area contributed by atoms with E-state index in [-0.39, 0.29) is 40.0 Å². The van der Waals surface area contributed by atoms with Gasteiger partial charge in [-0.2, -0.15) is 0 Å². The van der Waals surface area contributed by atoms with Crippen molar-refractivity contribution in [3.05, 3.63) is 29.7 Å². The molecular weight excluding hydrogens is 232 g/mol. The van der Waals surface area contributed by atoms with E-state index in [0.29, 0.717) is 13.2 Å². The van der Waals surface area contributed by atoms with Crippen molar-refractivity contribution < 1.29 is 26.1 Å². The van der Waals surface area contributed by atoms with Crippen molar-refractivity contribution in [1.82, 2.24) is 0 Å². The minimum atomic E-state index is 0. The molecule has 0 N–H and O–H groups in total. The maximum absolute atomic E-state index is 5.28. The van der Waals surface area contributed by atoms with Crippen LogP contribution >= 0.6 is 0 Å². The molecule has 0 saturated carbocycles. The Hall–Kier alpha value is -0.0238. The molecular formula is C8H7BrMgO2. The third kappa shape index (κ3) is 2.49. The molecule has 1 aliphatic heterocycles. The fourth-order valence-electron chi connectivity index (χ4n) is 0.936. The molecule has 0 aromatic rings. The van der Waals surface area contributed by atoms with Crippen LogP contribution in [0.1, 0.15) is 0 Å². The maximum atomic E-state index is 5.28. The van der Waals surface area contributed by atoms with Gasteiger partial charge in [-0.05, 0) is 12.2 Å². The van der Waals surface area contributed by atoms with Crippen LogP contribution in [-0.4, -0.2) is 42.0 Å².